The van der Waals surface area contributed by atoms with Crippen molar-refractivity contribution in [2.75, 3.05) is 0 Å². The molecule has 0 fully saturated rings. The summed E-state index contributed by atoms with van der Waals surface area (Å²) in [5, 5.41) is 29.0. The van der Waals surface area contributed by atoms with Gasteiger partial charge < -0.3 is 15.3 Å². The molecule has 0 aliphatic carbocycles. The van der Waals surface area contributed by atoms with Gasteiger partial charge in [0.2, 0.25) is 0 Å². The van der Waals surface area contributed by atoms with Crippen LogP contribution < -0.4 is 0 Å². The lowest BCUT2D eigenvalue weighted by atomic mass is 10.0. The molecule has 0 saturated heterocycles. The maximum atomic E-state index is 10.1. The van der Waals surface area contributed by atoms with Crippen LogP contribution in [0.15, 0.2) is 0 Å². The lowest BCUT2D eigenvalue weighted by molar-refractivity contribution is 0.146. The molecule has 0 heterocycles. The van der Waals surface area contributed by atoms with Gasteiger partial charge in [-0.05, 0) is 38.5 Å². The standard InChI is InChI=1S/C23H48O3/c1-3-21(24)17-13-9-5-7-11-15-19-23(26)20-16-12-8-6-10-14-18-22(25)4-2/h21-26H,3-20H2,1-2H3. The molecule has 0 aliphatic rings. The molecule has 0 bridgehead atoms. The molecule has 0 amide bonds. The largest absolute Gasteiger partial charge is 0.393 e. The average Bonchev–Trinajstić information content (AvgIpc) is 2.65. The number of hydrogen-bond acceptors (Lipinski definition) is 3. The third-order valence-electron chi connectivity index (χ3n) is 5.59. The Balaban J connectivity index is 3.21. The van der Waals surface area contributed by atoms with E-state index in [1.807, 2.05) is 13.8 Å². The van der Waals surface area contributed by atoms with Gasteiger partial charge in [-0.3, -0.25) is 0 Å². The van der Waals surface area contributed by atoms with Crippen LogP contribution in [-0.2, 0) is 0 Å². The second-order valence-electron chi connectivity index (χ2n) is 8.18. The zero-order valence-electron chi connectivity index (χ0n) is 17.8. The summed E-state index contributed by atoms with van der Waals surface area (Å²) in [6.45, 7) is 4.08. The monoisotopic (exact) mass is 372 g/mol. The predicted molar refractivity (Wildman–Crippen MR) is 112 cm³/mol. The Bertz CT molecular complexity index is 244. The average molecular weight is 373 g/mol. The summed E-state index contributed by atoms with van der Waals surface area (Å²) in [5.41, 5.74) is 0. The Labute approximate surface area is 163 Å². The molecule has 2 atom stereocenters. The van der Waals surface area contributed by atoms with Crippen molar-refractivity contribution in [2.24, 2.45) is 0 Å². The lowest BCUT2D eigenvalue weighted by Gasteiger charge is -2.11. The smallest absolute Gasteiger partial charge is 0.0540 e. The van der Waals surface area contributed by atoms with E-state index in [0.717, 1.165) is 64.2 Å². The predicted octanol–water partition coefficient (Wildman–Crippen LogP) is 6.13. The first-order valence-electron chi connectivity index (χ1n) is 11.6. The number of unbranched alkanes of at least 4 members (excludes halogenated alkanes) is 10. The van der Waals surface area contributed by atoms with Crippen molar-refractivity contribution in [3.63, 3.8) is 0 Å². The molecule has 3 nitrogen and oxygen atoms in total. The van der Waals surface area contributed by atoms with Crippen LogP contribution in [0.2, 0.25) is 0 Å². The highest BCUT2D eigenvalue weighted by Gasteiger charge is 2.04. The fourth-order valence-corrected chi connectivity index (χ4v) is 3.49. The molecule has 0 aliphatic heterocycles. The van der Waals surface area contributed by atoms with Crippen LogP contribution in [0.4, 0.5) is 0 Å². The molecule has 0 aromatic rings. The molecular formula is C23H48O3. The first-order valence-corrected chi connectivity index (χ1v) is 11.6. The third-order valence-corrected chi connectivity index (χ3v) is 5.59. The van der Waals surface area contributed by atoms with Gasteiger partial charge in [-0.1, -0.05) is 90.9 Å². The van der Waals surface area contributed by atoms with Crippen molar-refractivity contribution in [1.82, 2.24) is 0 Å². The van der Waals surface area contributed by atoms with Crippen LogP contribution in [0.25, 0.3) is 0 Å². The van der Waals surface area contributed by atoms with Crippen molar-refractivity contribution in [1.29, 1.82) is 0 Å². The summed E-state index contributed by atoms with van der Waals surface area (Å²) in [7, 11) is 0. The van der Waals surface area contributed by atoms with Crippen molar-refractivity contribution in [3.05, 3.63) is 0 Å². The van der Waals surface area contributed by atoms with E-state index in [1.165, 1.54) is 51.4 Å². The molecule has 0 aromatic carbocycles. The molecule has 158 valence electrons. The molecule has 0 radical (unpaired) electrons. The highest BCUT2D eigenvalue weighted by molar-refractivity contribution is 4.59. The van der Waals surface area contributed by atoms with E-state index in [-0.39, 0.29) is 18.3 Å². The Morgan fingerprint density at radius 2 is 0.615 bits per heavy atom. The molecule has 3 N–H and O–H groups in total. The Hall–Kier alpha value is -0.120. The van der Waals surface area contributed by atoms with Gasteiger partial charge in [0.25, 0.3) is 0 Å². The topological polar surface area (TPSA) is 60.7 Å². The SMILES string of the molecule is CCC(O)CCCCCCCCC(O)CCCCCCCCC(O)CC. The highest BCUT2D eigenvalue weighted by Crippen LogP contribution is 2.15. The van der Waals surface area contributed by atoms with E-state index in [0.29, 0.717) is 0 Å². The van der Waals surface area contributed by atoms with Gasteiger partial charge in [-0.15, -0.1) is 0 Å². The summed E-state index contributed by atoms with van der Waals surface area (Å²) >= 11 is 0. The summed E-state index contributed by atoms with van der Waals surface area (Å²) in [6, 6.07) is 0. The van der Waals surface area contributed by atoms with Gasteiger partial charge in [0.1, 0.15) is 0 Å². The van der Waals surface area contributed by atoms with E-state index in [9.17, 15) is 15.3 Å². The van der Waals surface area contributed by atoms with Crippen molar-refractivity contribution >= 4 is 0 Å². The second-order valence-corrected chi connectivity index (χ2v) is 8.18. The first-order chi connectivity index (χ1) is 12.6. The zero-order valence-corrected chi connectivity index (χ0v) is 17.8. The molecule has 0 rings (SSSR count). The Morgan fingerprint density at radius 1 is 0.385 bits per heavy atom. The van der Waals surface area contributed by atoms with E-state index in [4.69, 9.17) is 0 Å². The van der Waals surface area contributed by atoms with E-state index in [2.05, 4.69) is 0 Å². The normalized spacial score (nSPS) is 15.1. The lowest BCUT2D eigenvalue weighted by Crippen LogP contribution is -2.06. The van der Waals surface area contributed by atoms with Gasteiger partial charge in [-0.2, -0.15) is 0 Å². The van der Waals surface area contributed by atoms with E-state index in [1.54, 1.807) is 0 Å². The van der Waals surface area contributed by atoms with Crippen LogP contribution in [0.3, 0.4) is 0 Å². The molecule has 2 unspecified atom stereocenters. The minimum atomic E-state index is -0.102. The minimum Gasteiger partial charge on any atom is -0.393 e. The summed E-state index contributed by atoms with van der Waals surface area (Å²) in [4.78, 5) is 0. The zero-order chi connectivity index (χ0) is 19.5. The Morgan fingerprint density at radius 3 is 0.885 bits per heavy atom. The fraction of sp³-hybridized carbons (Fsp3) is 1.00. The Kier molecular flexibility index (Phi) is 19.5. The van der Waals surface area contributed by atoms with Gasteiger partial charge >= 0.3 is 0 Å². The van der Waals surface area contributed by atoms with Crippen LogP contribution in [-0.4, -0.2) is 33.6 Å². The maximum Gasteiger partial charge on any atom is 0.0540 e. The number of aliphatic hydroxyl groups excluding tert-OH is 3. The molecule has 0 saturated carbocycles. The van der Waals surface area contributed by atoms with Crippen LogP contribution in [0.5, 0.6) is 0 Å². The molecular weight excluding hydrogens is 324 g/mol. The third kappa shape index (κ3) is 18.7. The molecule has 26 heavy (non-hydrogen) atoms. The van der Waals surface area contributed by atoms with E-state index < -0.39 is 0 Å². The summed E-state index contributed by atoms with van der Waals surface area (Å²) in [5.74, 6) is 0. The van der Waals surface area contributed by atoms with Gasteiger partial charge in [-0.25, -0.2) is 0 Å². The van der Waals surface area contributed by atoms with Crippen LogP contribution in [0.1, 0.15) is 129 Å². The van der Waals surface area contributed by atoms with Crippen LogP contribution in [0, 0.1) is 0 Å². The maximum absolute atomic E-state index is 10.1. The number of rotatable bonds is 20. The summed E-state index contributed by atoms with van der Waals surface area (Å²) < 4.78 is 0. The van der Waals surface area contributed by atoms with Crippen molar-refractivity contribution < 1.29 is 15.3 Å². The van der Waals surface area contributed by atoms with E-state index >= 15 is 0 Å². The fourth-order valence-electron chi connectivity index (χ4n) is 3.49. The quantitative estimate of drug-likeness (QED) is 0.225. The molecule has 0 spiro atoms. The van der Waals surface area contributed by atoms with Gasteiger partial charge in [0.15, 0.2) is 0 Å². The number of aliphatic hydroxyl groups is 3. The summed E-state index contributed by atoms with van der Waals surface area (Å²) in [6.07, 6.45) is 19.9. The van der Waals surface area contributed by atoms with Crippen molar-refractivity contribution in [3.8, 4) is 0 Å². The van der Waals surface area contributed by atoms with Gasteiger partial charge in [0.05, 0.1) is 18.3 Å². The molecule has 0 aromatic heterocycles. The van der Waals surface area contributed by atoms with Crippen LogP contribution >= 0.6 is 0 Å². The van der Waals surface area contributed by atoms with Crippen molar-refractivity contribution in [2.45, 2.75) is 148 Å². The minimum absolute atomic E-state index is 0.0981. The highest BCUT2D eigenvalue weighted by atomic mass is 16.3. The molecule has 3 heteroatoms. The number of hydrogen-bond donors (Lipinski definition) is 3. The van der Waals surface area contributed by atoms with Gasteiger partial charge in [0, 0.05) is 0 Å². The second kappa shape index (κ2) is 19.6. The first kappa shape index (κ1) is 25.9.